The van der Waals surface area contributed by atoms with Crippen LogP contribution < -0.4 is 0 Å². The second-order valence-electron chi connectivity index (χ2n) is 3.47. The summed E-state index contributed by atoms with van der Waals surface area (Å²) in [5.74, 6) is -0.354. The number of thiocarbonyl (C=S) groups is 1. The van der Waals surface area contributed by atoms with E-state index < -0.39 is 0 Å². The molecule has 1 heterocycles. The van der Waals surface area contributed by atoms with Gasteiger partial charge < -0.3 is 9.72 Å². The summed E-state index contributed by atoms with van der Waals surface area (Å²) < 4.78 is 4.65. The van der Waals surface area contributed by atoms with Crippen LogP contribution in [0.25, 0.3) is 10.9 Å². The van der Waals surface area contributed by atoms with Crippen LogP contribution in [-0.2, 0) is 11.2 Å². The zero-order chi connectivity index (χ0) is 11.5. The quantitative estimate of drug-likeness (QED) is 0.654. The number of esters is 1. The van der Waals surface area contributed by atoms with Crippen molar-refractivity contribution in [3.63, 3.8) is 0 Å². The molecule has 0 fully saturated rings. The largest absolute Gasteiger partial charge is 0.464 e. The van der Waals surface area contributed by atoms with E-state index >= 15 is 0 Å². The fraction of sp³-hybridized carbons (Fsp3) is 0.167. The highest BCUT2D eigenvalue weighted by atomic mass is 32.1. The van der Waals surface area contributed by atoms with Crippen molar-refractivity contribution in [1.82, 2.24) is 4.98 Å². The van der Waals surface area contributed by atoms with E-state index in [0.29, 0.717) is 5.69 Å². The summed E-state index contributed by atoms with van der Waals surface area (Å²) in [4.78, 5) is 14.3. The van der Waals surface area contributed by atoms with Crippen molar-refractivity contribution in [3.8, 4) is 0 Å². The molecule has 2 rings (SSSR count). The monoisotopic (exact) mass is 233 g/mol. The summed E-state index contributed by atoms with van der Waals surface area (Å²) in [6.07, 6.45) is 0.754. The number of H-pyrrole nitrogens is 1. The van der Waals surface area contributed by atoms with E-state index in [-0.39, 0.29) is 5.97 Å². The lowest BCUT2D eigenvalue weighted by Crippen LogP contribution is -2.00. The first-order valence-electron chi connectivity index (χ1n) is 4.88. The number of methoxy groups -OCH3 is 1. The van der Waals surface area contributed by atoms with Crippen LogP contribution in [0.15, 0.2) is 24.3 Å². The third-order valence-electron chi connectivity index (χ3n) is 2.41. The number of hydrogen-bond donors (Lipinski definition) is 1. The van der Waals surface area contributed by atoms with Crippen molar-refractivity contribution >= 4 is 34.5 Å². The third kappa shape index (κ3) is 1.97. The van der Waals surface area contributed by atoms with Gasteiger partial charge in [0.05, 0.1) is 7.11 Å². The summed E-state index contributed by atoms with van der Waals surface area (Å²) in [6, 6.07) is 7.73. The van der Waals surface area contributed by atoms with Gasteiger partial charge in [0.2, 0.25) is 0 Å². The first-order chi connectivity index (χ1) is 7.74. The number of nitrogens with one attached hydrogen (secondary N) is 1. The minimum atomic E-state index is -0.354. The lowest BCUT2D eigenvalue weighted by molar-refractivity contribution is 0.0595. The van der Waals surface area contributed by atoms with Crippen LogP contribution in [0.5, 0.6) is 0 Å². The van der Waals surface area contributed by atoms with E-state index in [1.807, 2.05) is 18.2 Å². The van der Waals surface area contributed by atoms with Gasteiger partial charge in [0.1, 0.15) is 5.69 Å². The van der Waals surface area contributed by atoms with E-state index in [0.717, 1.165) is 22.9 Å². The molecule has 0 spiro atoms. The van der Waals surface area contributed by atoms with Gasteiger partial charge in [0.15, 0.2) is 0 Å². The summed E-state index contributed by atoms with van der Waals surface area (Å²) in [7, 11) is 1.37. The van der Waals surface area contributed by atoms with Crippen molar-refractivity contribution in [2.75, 3.05) is 7.11 Å². The maximum Gasteiger partial charge on any atom is 0.354 e. The Balaban J connectivity index is 2.45. The molecule has 0 bridgehead atoms. The minimum absolute atomic E-state index is 0.354. The summed E-state index contributed by atoms with van der Waals surface area (Å²) in [5.41, 5.74) is 2.53. The molecular formula is C12H11NO2S. The van der Waals surface area contributed by atoms with Gasteiger partial charge in [-0.2, -0.15) is 0 Å². The number of aromatic nitrogens is 1. The lowest BCUT2D eigenvalue weighted by atomic mass is 10.1. The zero-order valence-corrected chi connectivity index (χ0v) is 9.64. The number of carbonyl (C=O) groups excluding carboxylic acids is 1. The molecule has 82 valence electrons. The van der Waals surface area contributed by atoms with Crippen molar-refractivity contribution < 1.29 is 9.53 Å². The Morgan fingerprint density at radius 3 is 3.00 bits per heavy atom. The van der Waals surface area contributed by atoms with Crippen LogP contribution in [0, 0.1) is 0 Å². The molecule has 16 heavy (non-hydrogen) atoms. The fourth-order valence-corrected chi connectivity index (χ4v) is 1.82. The highest BCUT2D eigenvalue weighted by molar-refractivity contribution is 7.78. The van der Waals surface area contributed by atoms with Gasteiger partial charge in [-0.05, 0) is 29.1 Å². The van der Waals surface area contributed by atoms with Crippen molar-refractivity contribution in [3.05, 3.63) is 35.5 Å². The highest BCUT2D eigenvalue weighted by Gasteiger charge is 2.09. The standard InChI is InChI=1S/C12H11NO2S/c1-15-12(14)11-7-9-6-8(4-5-16)2-3-10(9)13-11/h2-3,5-7,13H,4H2,1H3. The lowest BCUT2D eigenvalue weighted by Gasteiger charge is -1.95. The molecule has 0 unspecified atom stereocenters. The highest BCUT2D eigenvalue weighted by Crippen LogP contribution is 2.17. The topological polar surface area (TPSA) is 42.1 Å². The van der Waals surface area contributed by atoms with Gasteiger partial charge in [-0.1, -0.05) is 18.3 Å². The van der Waals surface area contributed by atoms with Gasteiger partial charge in [-0.15, -0.1) is 0 Å². The molecule has 1 aromatic heterocycles. The smallest absolute Gasteiger partial charge is 0.354 e. The molecule has 0 atom stereocenters. The summed E-state index contributed by atoms with van der Waals surface area (Å²) in [5, 5.41) is 2.68. The predicted molar refractivity (Wildman–Crippen MR) is 67.0 cm³/mol. The van der Waals surface area contributed by atoms with Gasteiger partial charge in [-0.3, -0.25) is 0 Å². The van der Waals surface area contributed by atoms with E-state index in [1.54, 1.807) is 11.4 Å². The molecular weight excluding hydrogens is 222 g/mol. The first-order valence-corrected chi connectivity index (χ1v) is 5.35. The Morgan fingerprint density at radius 1 is 1.50 bits per heavy atom. The molecule has 3 nitrogen and oxygen atoms in total. The SMILES string of the molecule is COC(=O)c1cc2cc(CC=S)ccc2[nH]1. The van der Waals surface area contributed by atoms with Gasteiger partial charge in [-0.25, -0.2) is 4.79 Å². The average molecular weight is 233 g/mol. The molecule has 0 aliphatic heterocycles. The number of rotatable bonds is 3. The Bertz CT molecular complexity index is 545. The Kier molecular flexibility index (Phi) is 3.01. The average Bonchev–Trinajstić information content (AvgIpc) is 2.71. The number of aromatic amines is 1. The maximum atomic E-state index is 11.3. The molecule has 0 amide bonds. The van der Waals surface area contributed by atoms with Gasteiger partial charge in [0, 0.05) is 17.3 Å². The first kappa shape index (κ1) is 10.8. The summed E-state index contributed by atoms with van der Waals surface area (Å²) in [6.45, 7) is 0. The fourth-order valence-electron chi connectivity index (χ4n) is 1.63. The second-order valence-corrected chi connectivity index (χ2v) is 3.80. The Morgan fingerprint density at radius 2 is 2.31 bits per heavy atom. The van der Waals surface area contributed by atoms with E-state index in [1.165, 1.54) is 7.11 Å². The molecule has 0 saturated heterocycles. The molecule has 0 aliphatic carbocycles. The van der Waals surface area contributed by atoms with Crippen LogP contribution in [-0.4, -0.2) is 23.4 Å². The molecule has 0 radical (unpaired) electrons. The van der Waals surface area contributed by atoms with Crippen LogP contribution in [0.1, 0.15) is 16.1 Å². The maximum absolute atomic E-state index is 11.3. The number of carbonyl (C=O) groups is 1. The number of hydrogen-bond acceptors (Lipinski definition) is 3. The van der Waals surface area contributed by atoms with Crippen molar-refractivity contribution in [2.24, 2.45) is 0 Å². The molecule has 1 aromatic carbocycles. The molecule has 0 aliphatic rings. The van der Waals surface area contributed by atoms with Crippen molar-refractivity contribution in [2.45, 2.75) is 6.42 Å². The van der Waals surface area contributed by atoms with Gasteiger partial charge >= 0.3 is 5.97 Å². The predicted octanol–water partition coefficient (Wildman–Crippen LogP) is 2.50. The van der Waals surface area contributed by atoms with Crippen LogP contribution in [0.3, 0.4) is 0 Å². The Hall–Kier alpha value is -1.68. The molecule has 1 N–H and O–H groups in total. The van der Waals surface area contributed by atoms with Gasteiger partial charge in [0.25, 0.3) is 0 Å². The van der Waals surface area contributed by atoms with E-state index in [4.69, 9.17) is 12.2 Å². The second kappa shape index (κ2) is 4.45. The van der Waals surface area contributed by atoms with E-state index in [2.05, 4.69) is 9.72 Å². The minimum Gasteiger partial charge on any atom is -0.464 e. The normalized spacial score (nSPS) is 10.3. The van der Waals surface area contributed by atoms with Crippen LogP contribution >= 0.6 is 12.2 Å². The third-order valence-corrected chi connectivity index (χ3v) is 2.58. The Labute approximate surface area is 98.4 Å². The molecule has 0 saturated carbocycles. The number of fused-ring (bicyclic) bond motifs is 1. The van der Waals surface area contributed by atoms with Crippen molar-refractivity contribution in [1.29, 1.82) is 0 Å². The molecule has 4 heteroatoms. The number of benzene rings is 1. The zero-order valence-electron chi connectivity index (χ0n) is 8.82. The van der Waals surface area contributed by atoms with Crippen LogP contribution in [0.4, 0.5) is 0 Å². The number of ether oxygens (including phenoxy) is 1. The van der Waals surface area contributed by atoms with Crippen LogP contribution in [0.2, 0.25) is 0 Å². The molecule has 2 aromatic rings. The summed E-state index contributed by atoms with van der Waals surface area (Å²) >= 11 is 4.82. The van der Waals surface area contributed by atoms with E-state index in [9.17, 15) is 4.79 Å².